The summed E-state index contributed by atoms with van der Waals surface area (Å²) >= 11 is 1.30. The van der Waals surface area contributed by atoms with Gasteiger partial charge in [0.2, 0.25) is 0 Å². The van der Waals surface area contributed by atoms with E-state index in [-0.39, 0.29) is 5.91 Å². The van der Waals surface area contributed by atoms with E-state index in [1.165, 1.54) is 11.3 Å². The number of pyridine rings is 1. The Balaban J connectivity index is 1.88. The first-order chi connectivity index (χ1) is 11.6. The number of hydrogen-bond donors (Lipinski definition) is 2. The molecule has 0 radical (unpaired) electrons. The number of carbonyl (C=O) groups excluding carboxylic acids is 1. The molecule has 6 heteroatoms. The van der Waals surface area contributed by atoms with Crippen LogP contribution in [-0.2, 0) is 6.42 Å². The highest BCUT2D eigenvalue weighted by Crippen LogP contribution is 2.33. The Morgan fingerprint density at radius 3 is 2.71 bits per heavy atom. The number of nitriles is 1. The fourth-order valence-electron chi connectivity index (χ4n) is 2.42. The molecule has 2 aromatic heterocycles. The third-order valence-electron chi connectivity index (χ3n) is 3.64. The number of aryl methyl sites for hydroxylation is 1. The Kier molecular flexibility index (Phi) is 4.45. The maximum atomic E-state index is 12.5. The molecule has 3 aromatic rings. The van der Waals surface area contributed by atoms with Crippen LogP contribution in [0, 0.1) is 11.3 Å². The SMILES string of the molecule is CCCc1ccc2c(N)c(C(=O)Nc3ccc(C#N)cc3)sc2n1. The number of nitrogen functional groups attached to an aromatic ring is 1. The molecule has 24 heavy (non-hydrogen) atoms. The van der Waals surface area contributed by atoms with Crippen molar-refractivity contribution < 1.29 is 4.79 Å². The Hall–Kier alpha value is -2.91. The fraction of sp³-hybridized carbons (Fsp3) is 0.167. The lowest BCUT2D eigenvalue weighted by molar-refractivity contribution is 0.103. The molecule has 2 heterocycles. The summed E-state index contributed by atoms with van der Waals surface area (Å²) in [4.78, 5) is 18.3. The summed E-state index contributed by atoms with van der Waals surface area (Å²) in [5.74, 6) is -0.266. The van der Waals surface area contributed by atoms with Gasteiger partial charge in [-0.3, -0.25) is 4.79 Å². The summed E-state index contributed by atoms with van der Waals surface area (Å²) < 4.78 is 0. The van der Waals surface area contributed by atoms with Crippen LogP contribution in [0.4, 0.5) is 11.4 Å². The van der Waals surface area contributed by atoms with Gasteiger partial charge in [-0.2, -0.15) is 5.26 Å². The van der Waals surface area contributed by atoms with Crippen molar-refractivity contribution in [3.8, 4) is 6.07 Å². The highest BCUT2D eigenvalue weighted by molar-refractivity contribution is 7.21. The van der Waals surface area contributed by atoms with Crippen LogP contribution in [0.3, 0.4) is 0 Å². The van der Waals surface area contributed by atoms with Gasteiger partial charge in [-0.1, -0.05) is 13.3 Å². The number of thiophene rings is 1. The standard InChI is InChI=1S/C18H16N4OS/c1-2-3-12-8-9-14-15(20)16(24-18(14)22-12)17(23)21-13-6-4-11(10-19)5-7-13/h4-9H,2-3,20H2,1H3,(H,21,23). The van der Waals surface area contributed by atoms with E-state index < -0.39 is 0 Å². The molecule has 3 N–H and O–H groups in total. The van der Waals surface area contributed by atoms with Gasteiger partial charge in [-0.25, -0.2) is 4.98 Å². The van der Waals surface area contributed by atoms with Crippen molar-refractivity contribution in [1.82, 2.24) is 4.98 Å². The molecular weight excluding hydrogens is 320 g/mol. The molecule has 1 amide bonds. The molecule has 0 aliphatic rings. The van der Waals surface area contributed by atoms with Gasteiger partial charge < -0.3 is 11.1 Å². The average molecular weight is 336 g/mol. The Morgan fingerprint density at radius 2 is 2.04 bits per heavy atom. The quantitative estimate of drug-likeness (QED) is 0.754. The first kappa shape index (κ1) is 16.0. The highest BCUT2D eigenvalue weighted by atomic mass is 32.1. The van der Waals surface area contributed by atoms with Gasteiger partial charge in [0, 0.05) is 16.8 Å². The molecule has 0 fully saturated rings. The molecule has 5 nitrogen and oxygen atoms in total. The fourth-order valence-corrected chi connectivity index (χ4v) is 3.42. The predicted octanol–water partition coefficient (Wildman–Crippen LogP) is 3.95. The second kappa shape index (κ2) is 6.69. The number of carbonyl (C=O) groups is 1. The van der Waals surface area contributed by atoms with Gasteiger partial charge in [0.15, 0.2) is 0 Å². The molecular formula is C18H16N4OS. The minimum atomic E-state index is -0.266. The monoisotopic (exact) mass is 336 g/mol. The number of nitrogens with one attached hydrogen (secondary N) is 1. The number of nitrogens with two attached hydrogens (primary N) is 1. The van der Waals surface area contributed by atoms with E-state index in [0.717, 1.165) is 28.8 Å². The molecule has 0 aliphatic heterocycles. The lowest BCUT2D eigenvalue weighted by Crippen LogP contribution is -2.11. The van der Waals surface area contributed by atoms with E-state index in [9.17, 15) is 4.79 Å². The van der Waals surface area contributed by atoms with Crippen LogP contribution < -0.4 is 11.1 Å². The molecule has 0 atom stereocenters. The van der Waals surface area contributed by atoms with E-state index in [0.29, 0.717) is 21.8 Å². The van der Waals surface area contributed by atoms with E-state index in [2.05, 4.69) is 17.2 Å². The average Bonchev–Trinajstić information content (AvgIpc) is 2.92. The van der Waals surface area contributed by atoms with Gasteiger partial charge >= 0.3 is 0 Å². The lowest BCUT2D eigenvalue weighted by Gasteiger charge is -2.04. The maximum Gasteiger partial charge on any atom is 0.267 e. The molecule has 0 spiro atoms. The number of hydrogen-bond acceptors (Lipinski definition) is 5. The zero-order valence-electron chi connectivity index (χ0n) is 13.2. The van der Waals surface area contributed by atoms with Crippen molar-refractivity contribution in [2.45, 2.75) is 19.8 Å². The van der Waals surface area contributed by atoms with Crippen molar-refractivity contribution in [3.05, 3.63) is 52.5 Å². The number of aromatic nitrogens is 1. The number of fused-ring (bicyclic) bond motifs is 1. The van der Waals surface area contributed by atoms with Crippen LogP contribution in [-0.4, -0.2) is 10.9 Å². The summed E-state index contributed by atoms with van der Waals surface area (Å²) in [5.41, 5.74) is 8.75. The number of nitrogens with zero attached hydrogens (tertiary/aromatic N) is 2. The van der Waals surface area contributed by atoms with Gasteiger partial charge in [0.1, 0.15) is 9.71 Å². The molecule has 120 valence electrons. The third kappa shape index (κ3) is 3.07. The molecule has 0 saturated heterocycles. The van der Waals surface area contributed by atoms with Gasteiger partial charge in [-0.05, 0) is 42.8 Å². The van der Waals surface area contributed by atoms with Crippen LogP contribution in [0.25, 0.3) is 10.2 Å². The molecule has 0 saturated carbocycles. The van der Waals surface area contributed by atoms with Crippen LogP contribution in [0.1, 0.15) is 34.3 Å². The van der Waals surface area contributed by atoms with E-state index in [4.69, 9.17) is 11.0 Å². The summed E-state index contributed by atoms with van der Waals surface area (Å²) in [5, 5.41) is 12.4. The molecule has 1 aromatic carbocycles. The summed E-state index contributed by atoms with van der Waals surface area (Å²) in [6, 6.07) is 12.6. The predicted molar refractivity (Wildman–Crippen MR) is 97.1 cm³/mol. The zero-order valence-corrected chi connectivity index (χ0v) is 14.0. The van der Waals surface area contributed by atoms with E-state index in [1.54, 1.807) is 24.3 Å². The normalized spacial score (nSPS) is 10.5. The van der Waals surface area contributed by atoms with Crippen LogP contribution in [0.2, 0.25) is 0 Å². The summed E-state index contributed by atoms with van der Waals surface area (Å²) in [6.07, 6.45) is 1.92. The van der Waals surface area contributed by atoms with Gasteiger partial charge in [0.25, 0.3) is 5.91 Å². The zero-order chi connectivity index (χ0) is 17.1. The number of rotatable bonds is 4. The van der Waals surface area contributed by atoms with E-state index in [1.807, 2.05) is 18.2 Å². The van der Waals surface area contributed by atoms with Crippen molar-refractivity contribution in [2.75, 3.05) is 11.1 Å². The van der Waals surface area contributed by atoms with Gasteiger partial charge in [0.05, 0.1) is 17.3 Å². The smallest absolute Gasteiger partial charge is 0.267 e. The van der Waals surface area contributed by atoms with Crippen molar-refractivity contribution in [3.63, 3.8) is 0 Å². The maximum absolute atomic E-state index is 12.5. The molecule has 0 bridgehead atoms. The van der Waals surface area contributed by atoms with Crippen molar-refractivity contribution >= 4 is 38.8 Å². The second-order valence-electron chi connectivity index (χ2n) is 5.39. The lowest BCUT2D eigenvalue weighted by atomic mass is 10.2. The topological polar surface area (TPSA) is 91.8 Å². The largest absolute Gasteiger partial charge is 0.397 e. The first-order valence-corrected chi connectivity index (χ1v) is 8.43. The summed E-state index contributed by atoms with van der Waals surface area (Å²) in [7, 11) is 0. The highest BCUT2D eigenvalue weighted by Gasteiger charge is 2.17. The number of anilines is 2. The minimum absolute atomic E-state index is 0.266. The third-order valence-corrected chi connectivity index (χ3v) is 4.75. The second-order valence-corrected chi connectivity index (χ2v) is 6.39. The summed E-state index contributed by atoms with van der Waals surface area (Å²) in [6.45, 7) is 2.10. The van der Waals surface area contributed by atoms with Gasteiger partial charge in [-0.15, -0.1) is 11.3 Å². The van der Waals surface area contributed by atoms with Crippen molar-refractivity contribution in [1.29, 1.82) is 5.26 Å². The minimum Gasteiger partial charge on any atom is -0.397 e. The van der Waals surface area contributed by atoms with Crippen LogP contribution in [0.5, 0.6) is 0 Å². The van der Waals surface area contributed by atoms with Crippen LogP contribution >= 0.6 is 11.3 Å². The van der Waals surface area contributed by atoms with Crippen LogP contribution in [0.15, 0.2) is 36.4 Å². The Morgan fingerprint density at radius 1 is 1.29 bits per heavy atom. The first-order valence-electron chi connectivity index (χ1n) is 7.61. The molecule has 3 rings (SSSR count). The molecule has 0 aliphatic carbocycles. The number of benzene rings is 1. The molecule has 0 unspecified atom stereocenters. The van der Waals surface area contributed by atoms with Crippen molar-refractivity contribution in [2.24, 2.45) is 0 Å². The Bertz CT molecular complexity index is 938. The Labute approximate surface area is 143 Å². The van der Waals surface area contributed by atoms with E-state index >= 15 is 0 Å². The number of amides is 1.